The Morgan fingerprint density at radius 2 is 1.82 bits per heavy atom. The summed E-state index contributed by atoms with van der Waals surface area (Å²) in [5, 5.41) is 4.62. The number of carbonyl (C=O) groups excluding carboxylic acids is 2. The first-order valence-electron chi connectivity index (χ1n) is 8.82. The van der Waals surface area contributed by atoms with E-state index in [9.17, 15) is 9.59 Å². The van der Waals surface area contributed by atoms with Crippen LogP contribution in [0.3, 0.4) is 0 Å². The van der Waals surface area contributed by atoms with Crippen molar-refractivity contribution in [3.05, 3.63) is 76.9 Å². The van der Waals surface area contributed by atoms with Crippen LogP contribution in [0.25, 0.3) is 5.69 Å². The first kappa shape index (κ1) is 19.3. The van der Waals surface area contributed by atoms with Crippen molar-refractivity contribution in [1.82, 2.24) is 19.7 Å². The number of benzene rings is 1. The molecule has 0 bridgehead atoms. The number of aryl methyl sites for hydroxylation is 1. The van der Waals surface area contributed by atoms with Gasteiger partial charge in [0.15, 0.2) is 0 Å². The van der Waals surface area contributed by atoms with Crippen molar-refractivity contribution in [3.8, 4) is 5.69 Å². The zero-order chi connectivity index (χ0) is 20.3. The third kappa shape index (κ3) is 3.78. The van der Waals surface area contributed by atoms with Gasteiger partial charge in [-0.1, -0.05) is 18.2 Å². The van der Waals surface area contributed by atoms with Gasteiger partial charge in [-0.25, -0.2) is 9.48 Å². The molecule has 0 N–H and O–H groups in total. The van der Waals surface area contributed by atoms with Gasteiger partial charge < -0.3 is 9.64 Å². The molecule has 144 valence electrons. The predicted octanol–water partition coefficient (Wildman–Crippen LogP) is 2.94. The summed E-state index contributed by atoms with van der Waals surface area (Å²) in [4.78, 5) is 29.9. The number of para-hydroxylation sites is 1. The highest BCUT2D eigenvalue weighted by atomic mass is 16.5. The fraction of sp³-hybridized carbons (Fsp3) is 0.238. The van der Waals surface area contributed by atoms with Crippen molar-refractivity contribution in [2.75, 3.05) is 14.2 Å². The molecule has 0 atom stereocenters. The smallest absolute Gasteiger partial charge is 0.339 e. The van der Waals surface area contributed by atoms with E-state index in [4.69, 9.17) is 0 Å². The van der Waals surface area contributed by atoms with E-state index in [1.807, 2.05) is 48.9 Å². The largest absolute Gasteiger partial charge is 0.465 e. The summed E-state index contributed by atoms with van der Waals surface area (Å²) in [7, 11) is 3.02. The molecule has 0 spiro atoms. The van der Waals surface area contributed by atoms with Crippen LogP contribution in [-0.4, -0.2) is 45.7 Å². The Bertz CT molecular complexity index is 994. The zero-order valence-corrected chi connectivity index (χ0v) is 16.3. The number of aromatic nitrogens is 3. The van der Waals surface area contributed by atoms with E-state index in [0.717, 1.165) is 22.6 Å². The highest BCUT2D eigenvalue weighted by Crippen LogP contribution is 2.19. The molecule has 7 heteroatoms. The van der Waals surface area contributed by atoms with Crippen molar-refractivity contribution in [3.63, 3.8) is 0 Å². The first-order chi connectivity index (χ1) is 13.4. The minimum absolute atomic E-state index is 0.234. The van der Waals surface area contributed by atoms with E-state index in [1.165, 1.54) is 25.4 Å². The molecule has 3 aromatic rings. The number of esters is 1. The van der Waals surface area contributed by atoms with Gasteiger partial charge in [0.05, 0.1) is 24.1 Å². The van der Waals surface area contributed by atoms with Gasteiger partial charge in [0.25, 0.3) is 5.91 Å². The Morgan fingerprint density at radius 1 is 1.11 bits per heavy atom. The summed E-state index contributed by atoms with van der Waals surface area (Å²) in [5.74, 6) is -0.720. The van der Waals surface area contributed by atoms with Gasteiger partial charge in [0, 0.05) is 31.0 Å². The molecule has 0 aliphatic carbocycles. The Balaban J connectivity index is 1.79. The molecule has 1 amide bonds. The molecule has 0 saturated carbocycles. The van der Waals surface area contributed by atoms with E-state index in [1.54, 1.807) is 11.9 Å². The number of pyridine rings is 1. The van der Waals surface area contributed by atoms with Crippen molar-refractivity contribution >= 4 is 11.9 Å². The fourth-order valence-corrected chi connectivity index (χ4v) is 2.99. The Labute approximate surface area is 163 Å². The number of hydrogen-bond acceptors (Lipinski definition) is 5. The van der Waals surface area contributed by atoms with Gasteiger partial charge in [-0.2, -0.15) is 5.10 Å². The van der Waals surface area contributed by atoms with E-state index >= 15 is 0 Å². The Morgan fingerprint density at radius 3 is 2.43 bits per heavy atom. The average Bonchev–Trinajstić information content (AvgIpc) is 3.01. The van der Waals surface area contributed by atoms with Gasteiger partial charge in [0.2, 0.25) is 0 Å². The van der Waals surface area contributed by atoms with Crippen LogP contribution >= 0.6 is 0 Å². The van der Waals surface area contributed by atoms with Crippen LogP contribution in [0.1, 0.15) is 37.8 Å². The van der Waals surface area contributed by atoms with Crippen molar-refractivity contribution in [2.24, 2.45) is 0 Å². The second-order valence-corrected chi connectivity index (χ2v) is 6.48. The lowest BCUT2D eigenvalue weighted by Crippen LogP contribution is -2.27. The van der Waals surface area contributed by atoms with E-state index in [0.29, 0.717) is 12.1 Å². The molecule has 0 unspecified atom stereocenters. The van der Waals surface area contributed by atoms with Crippen LogP contribution in [0.2, 0.25) is 0 Å². The predicted molar refractivity (Wildman–Crippen MR) is 104 cm³/mol. The number of carbonyl (C=O) groups is 2. The molecule has 1 aromatic carbocycles. The SMILES string of the molecule is COC(=O)c1ccc(C(=O)N(C)Cc2c(C)nn(-c3ccccc3)c2C)nc1. The van der Waals surface area contributed by atoms with Crippen LogP contribution in [0.15, 0.2) is 48.7 Å². The second kappa shape index (κ2) is 8.04. The molecular formula is C21H22N4O3. The molecule has 0 fully saturated rings. The minimum atomic E-state index is -0.487. The van der Waals surface area contributed by atoms with E-state index in [-0.39, 0.29) is 11.6 Å². The van der Waals surface area contributed by atoms with Gasteiger partial charge in [0.1, 0.15) is 5.69 Å². The average molecular weight is 378 g/mol. The monoisotopic (exact) mass is 378 g/mol. The van der Waals surface area contributed by atoms with E-state index < -0.39 is 5.97 Å². The van der Waals surface area contributed by atoms with Crippen LogP contribution in [0, 0.1) is 13.8 Å². The third-order valence-corrected chi connectivity index (χ3v) is 4.59. The number of methoxy groups -OCH3 is 1. The number of nitrogens with zero attached hydrogens (tertiary/aromatic N) is 4. The number of hydrogen-bond donors (Lipinski definition) is 0. The molecule has 0 aliphatic rings. The van der Waals surface area contributed by atoms with Crippen LogP contribution < -0.4 is 0 Å². The molecule has 28 heavy (non-hydrogen) atoms. The molecule has 0 saturated heterocycles. The summed E-state index contributed by atoms with van der Waals surface area (Å²) in [6.45, 7) is 4.33. The van der Waals surface area contributed by atoms with Gasteiger partial charge >= 0.3 is 5.97 Å². The number of ether oxygens (including phenoxy) is 1. The summed E-state index contributed by atoms with van der Waals surface area (Å²) in [6.07, 6.45) is 1.34. The topological polar surface area (TPSA) is 77.3 Å². The summed E-state index contributed by atoms with van der Waals surface area (Å²) < 4.78 is 6.53. The van der Waals surface area contributed by atoms with Crippen molar-refractivity contribution in [2.45, 2.75) is 20.4 Å². The zero-order valence-electron chi connectivity index (χ0n) is 16.3. The molecule has 3 rings (SSSR count). The maximum Gasteiger partial charge on any atom is 0.339 e. The van der Waals surface area contributed by atoms with E-state index in [2.05, 4.69) is 14.8 Å². The molecule has 7 nitrogen and oxygen atoms in total. The maximum absolute atomic E-state index is 12.7. The first-order valence-corrected chi connectivity index (χ1v) is 8.82. The highest BCUT2D eigenvalue weighted by molar-refractivity contribution is 5.94. The van der Waals surface area contributed by atoms with Crippen molar-refractivity contribution < 1.29 is 14.3 Å². The second-order valence-electron chi connectivity index (χ2n) is 6.48. The highest BCUT2D eigenvalue weighted by Gasteiger charge is 2.19. The van der Waals surface area contributed by atoms with Gasteiger partial charge in [-0.05, 0) is 38.1 Å². The van der Waals surface area contributed by atoms with Crippen LogP contribution in [0.5, 0.6) is 0 Å². The van der Waals surface area contributed by atoms with Gasteiger partial charge in [-0.3, -0.25) is 9.78 Å². The fourth-order valence-electron chi connectivity index (χ4n) is 2.99. The lowest BCUT2D eigenvalue weighted by Gasteiger charge is -2.17. The van der Waals surface area contributed by atoms with Crippen LogP contribution in [-0.2, 0) is 11.3 Å². The number of rotatable bonds is 5. The normalized spacial score (nSPS) is 10.6. The standard InChI is InChI=1S/C21H22N4O3/c1-14-18(15(2)25(23-14)17-8-6-5-7-9-17)13-24(3)20(26)19-11-10-16(12-22-19)21(27)28-4/h5-12H,13H2,1-4H3. The summed E-state index contributed by atoms with van der Waals surface area (Å²) in [6, 6.07) is 12.9. The quantitative estimate of drug-likeness (QED) is 0.638. The lowest BCUT2D eigenvalue weighted by atomic mass is 10.1. The Hall–Kier alpha value is -3.48. The third-order valence-electron chi connectivity index (χ3n) is 4.59. The summed E-state index contributed by atoms with van der Waals surface area (Å²) in [5.41, 5.74) is 4.39. The molecular weight excluding hydrogens is 356 g/mol. The number of amides is 1. The van der Waals surface area contributed by atoms with Crippen LogP contribution in [0.4, 0.5) is 0 Å². The molecule has 0 radical (unpaired) electrons. The molecule has 2 aromatic heterocycles. The molecule has 0 aliphatic heterocycles. The minimum Gasteiger partial charge on any atom is -0.465 e. The lowest BCUT2D eigenvalue weighted by molar-refractivity contribution is 0.0599. The summed E-state index contributed by atoms with van der Waals surface area (Å²) >= 11 is 0. The Kier molecular flexibility index (Phi) is 5.54. The maximum atomic E-state index is 12.7. The van der Waals surface area contributed by atoms with Gasteiger partial charge in [-0.15, -0.1) is 0 Å². The molecule has 2 heterocycles. The van der Waals surface area contributed by atoms with Crippen molar-refractivity contribution in [1.29, 1.82) is 0 Å².